The molecule has 4 nitrogen and oxygen atoms in total. The summed E-state index contributed by atoms with van der Waals surface area (Å²) in [7, 11) is 0. The minimum atomic E-state index is -0.0750. The first-order chi connectivity index (χ1) is 16.3. The van der Waals surface area contributed by atoms with E-state index in [2.05, 4.69) is 77.8 Å². The summed E-state index contributed by atoms with van der Waals surface area (Å²) in [5.41, 5.74) is 10.2. The van der Waals surface area contributed by atoms with Crippen molar-refractivity contribution in [1.82, 2.24) is 4.98 Å². The Kier molecular flexibility index (Phi) is 6.77. The second-order valence-electron chi connectivity index (χ2n) is 8.88. The highest BCUT2D eigenvalue weighted by Crippen LogP contribution is 2.33. The molecule has 1 aliphatic heterocycles. The van der Waals surface area contributed by atoms with Crippen LogP contribution in [0.15, 0.2) is 97.3 Å². The number of benzene rings is 3. The maximum absolute atomic E-state index is 6.60. The quantitative estimate of drug-likeness (QED) is 0.427. The van der Waals surface area contributed by atoms with E-state index >= 15 is 0 Å². The van der Waals surface area contributed by atoms with E-state index in [1.807, 2.05) is 18.3 Å². The van der Waals surface area contributed by atoms with E-state index in [4.69, 9.17) is 15.2 Å². The minimum Gasteiger partial charge on any atom is -0.376 e. The van der Waals surface area contributed by atoms with Gasteiger partial charge in [0.1, 0.15) is 0 Å². The second-order valence-corrected chi connectivity index (χ2v) is 8.88. The summed E-state index contributed by atoms with van der Waals surface area (Å²) in [4.78, 5) is 4.32. The van der Waals surface area contributed by atoms with Gasteiger partial charge in [0.05, 0.1) is 25.4 Å². The van der Waals surface area contributed by atoms with Gasteiger partial charge in [-0.05, 0) is 46.0 Å². The van der Waals surface area contributed by atoms with Crippen molar-refractivity contribution in [2.75, 3.05) is 6.61 Å². The maximum atomic E-state index is 6.60. The third-order valence-electron chi connectivity index (χ3n) is 6.59. The van der Waals surface area contributed by atoms with Gasteiger partial charge >= 0.3 is 0 Å². The van der Waals surface area contributed by atoms with Gasteiger partial charge in [-0.3, -0.25) is 4.98 Å². The van der Waals surface area contributed by atoms with Gasteiger partial charge in [-0.1, -0.05) is 72.8 Å². The van der Waals surface area contributed by atoms with E-state index in [0.29, 0.717) is 13.2 Å². The van der Waals surface area contributed by atoms with Crippen molar-refractivity contribution in [3.8, 4) is 0 Å². The van der Waals surface area contributed by atoms with Crippen LogP contribution in [-0.4, -0.2) is 29.8 Å². The van der Waals surface area contributed by atoms with E-state index in [1.54, 1.807) is 6.20 Å². The lowest BCUT2D eigenvalue weighted by molar-refractivity contribution is -0.0992. The summed E-state index contributed by atoms with van der Waals surface area (Å²) in [6.07, 6.45) is 5.25. The number of nitrogens with zero attached hydrogens (tertiary/aromatic N) is 1. The van der Waals surface area contributed by atoms with Crippen LogP contribution in [0.25, 0.3) is 10.8 Å². The zero-order valence-electron chi connectivity index (χ0n) is 18.7. The van der Waals surface area contributed by atoms with Crippen LogP contribution in [0.4, 0.5) is 0 Å². The first kappa shape index (κ1) is 21.8. The van der Waals surface area contributed by atoms with Crippen molar-refractivity contribution < 1.29 is 9.47 Å². The van der Waals surface area contributed by atoms with Crippen molar-refractivity contribution in [2.24, 2.45) is 5.73 Å². The summed E-state index contributed by atoms with van der Waals surface area (Å²) >= 11 is 0. The van der Waals surface area contributed by atoms with Crippen LogP contribution in [0.1, 0.15) is 29.0 Å². The fourth-order valence-electron chi connectivity index (χ4n) is 4.73. The third-order valence-corrected chi connectivity index (χ3v) is 6.59. The fourth-order valence-corrected chi connectivity index (χ4v) is 4.73. The van der Waals surface area contributed by atoms with Gasteiger partial charge in [0.15, 0.2) is 0 Å². The van der Waals surface area contributed by atoms with Crippen molar-refractivity contribution >= 4 is 10.8 Å². The summed E-state index contributed by atoms with van der Waals surface area (Å²) in [5, 5.41) is 2.48. The molecule has 0 aliphatic carbocycles. The Bertz CT molecular complexity index is 1170. The van der Waals surface area contributed by atoms with Crippen LogP contribution >= 0.6 is 0 Å². The van der Waals surface area contributed by atoms with Gasteiger partial charge in [0, 0.05) is 30.8 Å². The molecule has 1 fully saturated rings. The summed E-state index contributed by atoms with van der Waals surface area (Å²) in [6, 6.07) is 29.3. The first-order valence-corrected chi connectivity index (χ1v) is 11.7. The molecule has 1 saturated heterocycles. The first-order valence-electron chi connectivity index (χ1n) is 11.7. The molecule has 33 heavy (non-hydrogen) atoms. The number of nitrogens with two attached hydrogens (primary N) is 1. The number of pyridine rings is 1. The minimum absolute atomic E-state index is 0.0150. The molecule has 2 heterocycles. The Hall–Kier alpha value is -3.05. The van der Waals surface area contributed by atoms with Crippen molar-refractivity contribution in [2.45, 2.75) is 43.6 Å². The van der Waals surface area contributed by atoms with Crippen LogP contribution in [0, 0.1) is 0 Å². The maximum Gasteiger partial charge on any atom is 0.0754 e. The van der Waals surface area contributed by atoms with Gasteiger partial charge in [-0.15, -0.1) is 0 Å². The molecule has 0 bridgehead atoms. The molecular weight excluding hydrogens is 408 g/mol. The number of ether oxygens (including phenoxy) is 2. The average Bonchev–Trinajstić information content (AvgIpc) is 2.88. The monoisotopic (exact) mass is 438 g/mol. The Morgan fingerprint density at radius 2 is 1.73 bits per heavy atom. The standard InChI is InChI=1S/C29H30N2O2/c30-27(16-21-7-2-1-3-8-21)29-17-28(26(20-33-29)25-11-6-14-31-18-25)32-19-22-12-13-23-9-4-5-10-24(23)15-22/h1-15,18,26-29H,16-17,19-20,30H2/t26-,27+,28-,29+/m0/s1. The summed E-state index contributed by atoms with van der Waals surface area (Å²) < 4.78 is 12.8. The predicted molar refractivity (Wildman–Crippen MR) is 132 cm³/mol. The van der Waals surface area contributed by atoms with Gasteiger partial charge in [0.25, 0.3) is 0 Å². The van der Waals surface area contributed by atoms with Crippen LogP contribution in [-0.2, 0) is 22.5 Å². The summed E-state index contributed by atoms with van der Waals surface area (Å²) in [5.74, 6) is 0.138. The molecule has 168 valence electrons. The molecule has 4 atom stereocenters. The van der Waals surface area contributed by atoms with E-state index in [-0.39, 0.29) is 24.2 Å². The van der Waals surface area contributed by atoms with Crippen LogP contribution in [0.2, 0.25) is 0 Å². The van der Waals surface area contributed by atoms with Gasteiger partial charge in [-0.2, -0.15) is 0 Å². The van der Waals surface area contributed by atoms with Gasteiger partial charge in [-0.25, -0.2) is 0 Å². The van der Waals surface area contributed by atoms with Crippen molar-refractivity contribution in [1.29, 1.82) is 0 Å². The Morgan fingerprint density at radius 1 is 0.909 bits per heavy atom. The number of hydrogen-bond donors (Lipinski definition) is 1. The molecule has 2 N–H and O–H groups in total. The molecule has 1 aliphatic rings. The molecular formula is C29H30N2O2. The largest absolute Gasteiger partial charge is 0.376 e. The van der Waals surface area contributed by atoms with Crippen LogP contribution in [0.5, 0.6) is 0 Å². The lowest BCUT2D eigenvalue weighted by atomic mass is 9.86. The molecule has 0 spiro atoms. The van der Waals surface area contributed by atoms with Crippen molar-refractivity contribution in [3.05, 3.63) is 114 Å². The molecule has 0 radical (unpaired) electrons. The van der Waals surface area contributed by atoms with E-state index < -0.39 is 0 Å². The van der Waals surface area contributed by atoms with E-state index in [1.165, 1.54) is 21.9 Å². The molecule has 4 aromatic rings. The third kappa shape index (κ3) is 5.31. The van der Waals surface area contributed by atoms with Gasteiger partial charge < -0.3 is 15.2 Å². The Morgan fingerprint density at radius 3 is 2.55 bits per heavy atom. The van der Waals surface area contributed by atoms with Crippen LogP contribution in [0.3, 0.4) is 0 Å². The molecule has 4 heteroatoms. The van der Waals surface area contributed by atoms with Crippen LogP contribution < -0.4 is 5.73 Å². The second kappa shape index (κ2) is 10.3. The highest BCUT2D eigenvalue weighted by atomic mass is 16.5. The molecule has 0 unspecified atom stereocenters. The normalized spacial score (nSPS) is 21.7. The molecule has 5 rings (SSSR count). The number of aromatic nitrogens is 1. The SMILES string of the molecule is N[C@H](Cc1ccccc1)[C@H]1C[C@H](OCc2ccc3ccccc3c2)[C@H](c2cccnc2)CO1. The highest BCUT2D eigenvalue weighted by Gasteiger charge is 2.35. The molecule has 1 aromatic heterocycles. The lowest BCUT2D eigenvalue weighted by Gasteiger charge is -2.38. The van der Waals surface area contributed by atoms with Gasteiger partial charge in [0.2, 0.25) is 0 Å². The highest BCUT2D eigenvalue weighted by molar-refractivity contribution is 5.82. The van der Waals surface area contributed by atoms with E-state index in [9.17, 15) is 0 Å². The molecule has 3 aromatic carbocycles. The molecule has 0 saturated carbocycles. The number of fused-ring (bicyclic) bond motifs is 1. The number of rotatable bonds is 7. The average molecular weight is 439 g/mol. The smallest absolute Gasteiger partial charge is 0.0754 e. The Balaban J connectivity index is 1.31. The summed E-state index contributed by atoms with van der Waals surface area (Å²) in [6.45, 7) is 1.15. The Labute approximate surface area is 195 Å². The van der Waals surface area contributed by atoms with Crippen molar-refractivity contribution in [3.63, 3.8) is 0 Å². The fraction of sp³-hybridized carbons (Fsp3) is 0.276. The predicted octanol–water partition coefficient (Wildman–Crippen LogP) is 5.26. The van der Waals surface area contributed by atoms with E-state index in [0.717, 1.165) is 18.4 Å². The zero-order valence-corrected chi connectivity index (χ0v) is 18.7. The molecule has 0 amide bonds. The lowest BCUT2D eigenvalue weighted by Crippen LogP contribution is -2.47. The zero-order chi connectivity index (χ0) is 22.5. The number of hydrogen-bond acceptors (Lipinski definition) is 4. The topological polar surface area (TPSA) is 57.4 Å².